The van der Waals surface area contributed by atoms with Gasteiger partial charge in [-0.15, -0.1) is 0 Å². The number of aromatic nitrogens is 2. The minimum atomic E-state index is -2.86. The first-order valence-corrected chi connectivity index (χ1v) is 10.5. The van der Waals surface area contributed by atoms with Crippen LogP contribution in [0.2, 0.25) is 0 Å². The Morgan fingerprint density at radius 1 is 1.26 bits per heavy atom. The highest BCUT2D eigenvalue weighted by Crippen LogP contribution is 2.43. The van der Waals surface area contributed by atoms with Crippen molar-refractivity contribution in [3.05, 3.63) is 17.6 Å². The molecule has 0 radical (unpaired) electrons. The lowest BCUT2D eigenvalue weighted by molar-refractivity contribution is -0.729. The van der Waals surface area contributed by atoms with E-state index in [9.17, 15) is 19.2 Å². The highest BCUT2D eigenvalue weighted by molar-refractivity contribution is 8.24. The summed E-state index contributed by atoms with van der Waals surface area (Å²) in [6, 6.07) is 0. The number of anilines is 2. The van der Waals surface area contributed by atoms with Gasteiger partial charge >= 0.3 is 11.6 Å². The van der Waals surface area contributed by atoms with E-state index in [1.807, 2.05) is 4.90 Å². The highest BCUT2D eigenvalue weighted by Gasteiger charge is 2.36. The van der Waals surface area contributed by atoms with Crippen LogP contribution in [0.5, 0.6) is 5.88 Å². The summed E-state index contributed by atoms with van der Waals surface area (Å²) in [6.07, 6.45) is 1.50. The second kappa shape index (κ2) is 8.25. The van der Waals surface area contributed by atoms with Crippen molar-refractivity contribution in [1.29, 1.82) is 0 Å². The van der Waals surface area contributed by atoms with Crippen LogP contribution >= 0.6 is 10.6 Å². The zero-order chi connectivity index (χ0) is 19.4. The number of hydrogen-bond donors (Lipinski definition) is 3. The third kappa shape index (κ3) is 4.58. The lowest BCUT2D eigenvalue weighted by atomic mass is 10.3. The van der Waals surface area contributed by atoms with E-state index in [-0.39, 0.29) is 53.5 Å². The first-order valence-electron chi connectivity index (χ1n) is 8.66. The Hall–Kier alpha value is -2.15. The summed E-state index contributed by atoms with van der Waals surface area (Å²) in [5.74, 6) is 0.636. The Bertz CT molecular complexity index is 702. The van der Waals surface area contributed by atoms with Crippen LogP contribution in [0.15, 0.2) is 12.7 Å². The summed E-state index contributed by atoms with van der Waals surface area (Å²) in [5.41, 5.74) is -0.220. The summed E-state index contributed by atoms with van der Waals surface area (Å²) >= 11 is 0. The molecule has 0 atom stereocenters. The maximum atomic E-state index is 11.8. The van der Waals surface area contributed by atoms with Gasteiger partial charge in [-0.2, -0.15) is 9.97 Å². The van der Waals surface area contributed by atoms with Crippen molar-refractivity contribution >= 4 is 28.0 Å². The topological polar surface area (TPSA) is 137 Å². The third-order valence-corrected chi connectivity index (χ3v) is 6.05. The van der Waals surface area contributed by atoms with Crippen molar-refractivity contribution in [2.24, 2.45) is 0 Å². The molecular formula is C15H24N6O5S. The Labute approximate surface area is 158 Å². The molecule has 2 aliphatic rings. The van der Waals surface area contributed by atoms with E-state index >= 15 is 0 Å². The number of nitrogens with one attached hydrogen (secondary N) is 1. The second-order valence-corrected chi connectivity index (χ2v) is 8.64. The number of ether oxygens (including phenoxy) is 1. The quantitative estimate of drug-likeness (QED) is 0.456. The lowest BCUT2D eigenvalue weighted by Crippen LogP contribution is -2.45. The molecule has 0 unspecified atom stereocenters. The van der Waals surface area contributed by atoms with Gasteiger partial charge in [0.1, 0.15) is 6.61 Å². The Balaban J connectivity index is 2.01. The van der Waals surface area contributed by atoms with Gasteiger partial charge in [0.15, 0.2) is 0 Å². The molecule has 3 N–H and O–H groups in total. The number of piperazine rings is 1. The first-order chi connectivity index (χ1) is 12.9. The van der Waals surface area contributed by atoms with E-state index in [1.54, 1.807) is 4.90 Å². The van der Waals surface area contributed by atoms with Gasteiger partial charge in [0.2, 0.25) is 11.8 Å². The predicted octanol–water partition coefficient (Wildman–Crippen LogP) is 0.479. The molecule has 3 rings (SSSR count). The van der Waals surface area contributed by atoms with Gasteiger partial charge in [-0.3, -0.25) is 0 Å². The monoisotopic (exact) mass is 400 g/mol. The average Bonchev–Trinajstić information content (AvgIpc) is 2.66. The van der Waals surface area contributed by atoms with Crippen LogP contribution in [0.4, 0.5) is 17.5 Å². The number of hydrogen-bond acceptors (Lipinski definition) is 9. The van der Waals surface area contributed by atoms with E-state index in [2.05, 4.69) is 21.9 Å². The van der Waals surface area contributed by atoms with Crippen molar-refractivity contribution < 1.29 is 24.0 Å². The van der Waals surface area contributed by atoms with Crippen molar-refractivity contribution in [1.82, 2.24) is 15.3 Å². The molecule has 3 heterocycles. The van der Waals surface area contributed by atoms with Crippen LogP contribution in [-0.2, 0) is 0 Å². The summed E-state index contributed by atoms with van der Waals surface area (Å²) in [6.45, 7) is 7.05. The van der Waals surface area contributed by atoms with Crippen molar-refractivity contribution in [2.75, 3.05) is 67.2 Å². The van der Waals surface area contributed by atoms with Gasteiger partial charge < -0.3 is 39.5 Å². The molecule has 2 fully saturated rings. The fraction of sp³-hybridized carbons (Fsp3) is 0.600. The molecule has 150 valence electrons. The molecule has 0 aromatic carbocycles. The van der Waals surface area contributed by atoms with Gasteiger partial charge in [-0.05, 0) is 0 Å². The van der Waals surface area contributed by atoms with Crippen LogP contribution in [0.25, 0.3) is 0 Å². The molecule has 1 aromatic rings. The summed E-state index contributed by atoms with van der Waals surface area (Å²) in [4.78, 5) is 24.0. The molecule has 1 aromatic heterocycles. The normalized spacial score (nSPS) is 20.8. The Morgan fingerprint density at radius 3 is 2.52 bits per heavy atom. The fourth-order valence-electron chi connectivity index (χ4n) is 2.98. The van der Waals surface area contributed by atoms with Crippen molar-refractivity contribution in [3.63, 3.8) is 0 Å². The van der Waals surface area contributed by atoms with Crippen LogP contribution in [-0.4, -0.2) is 86.6 Å². The number of rotatable bonds is 6. The fourth-order valence-corrected chi connectivity index (χ4v) is 4.19. The average molecular weight is 400 g/mol. The minimum absolute atomic E-state index is 0.0544. The summed E-state index contributed by atoms with van der Waals surface area (Å²) in [5, 5.41) is 12.9. The molecule has 2 aliphatic heterocycles. The van der Waals surface area contributed by atoms with E-state index in [1.165, 1.54) is 6.08 Å². The largest absolute Gasteiger partial charge is 0.768 e. The van der Waals surface area contributed by atoms with Crippen molar-refractivity contribution in [2.45, 2.75) is 0 Å². The summed E-state index contributed by atoms with van der Waals surface area (Å²) in [7, 11) is -2.86. The highest BCUT2D eigenvalue weighted by atomic mass is 32.3. The zero-order valence-electron chi connectivity index (χ0n) is 14.9. The van der Waals surface area contributed by atoms with E-state index in [0.717, 1.165) is 13.1 Å². The molecule has 0 bridgehead atoms. The van der Waals surface area contributed by atoms with Crippen molar-refractivity contribution in [3.8, 4) is 5.88 Å². The molecule has 0 saturated carbocycles. The second-order valence-electron chi connectivity index (χ2n) is 6.28. The Kier molecular flexibility index (Phi) is 5.99. The molecule has 0 amide bonds. The maximum absolute atomic E-state index is 11.8. The van der Waals surface area contributed by atoms with Crippen LogP contribution in [0.1, 0.15) is 0 Å². The number of nitrogens with zero attached hydrogens (tertiary/aromatic N) is 5. The van der Waals surface area contributed by atoms with Crippen LogP contribution in [0.3, 0.4) is 0 Å². The first kappa shape index (κ1) is 19.6. The zero-order valence-corrected chi connectivity index (χ0v) is 15.7. The maximum Gasteiger partial charge on any atom is 0.419 e. The van der Waals surface area contributed by atoms with Gasteiger partial charge in [0.05, 0.1) is 4.91 Å². The van der Waals surface area contributed by atoms with Crippen LogP contribution < -0.4 is 19.9 Å². The molecule has 27 heavy (non-hydrogen) atoms. The van der Waals surface area contributed by atoms with E-state index in [0.29, 0.717) is 19.0 Å². The Morgan fingerprint density at radius 2 is 1.93 bits per heavy atom. The molecule has 12 heteroatoms. The lowest BCUT2D eigenvalue weighted by Gasteiger charge is -2.51. The SMILES string of the molecule is C=CCOc1nc(N2CCNCC2)nc(N2CCS([O-])(O)CC2)c1[N+](=O)O. The minimum Gasteiger partial charge on any atom is -0.768 e. The van der Waals surface area contributed by atoms with Gasteiger partial charge in [0, 0.05) is 50.8 Å². The van der Waals surface area contributed by atoms with Gasteiger partial charge in [-0.25, -0.2) is 5.21 Å². The molecule has 11 nitrogen and oxygen atoms in total. The van der Waals surface area contributed by atoms with E-state index in [4.69, 9.17) is 4.74 Å². The van der Waals surface area contributed by atoms with Gasteiger partial charge in [-0.1, -0.05) is 12.7 Å². The molecule has 0 spiro atoms. The molecule has 0 aliphatic carbocycles. The molecular weight excluding hydrogens is 376 g/mol. The smallest absolute Gasteiger partial charge is 0.419 e. The van der Waals surface area contributed by atoms with Crippen LogP contribution in [0, 0.1) is 4.91 Å². The van der Waals surface area contributed by atoms with Gasteiger partial charge in [0.25, 0.3) is 4.92 Å². The summed E-state index contributed by atoms with van der Waals surface area (Å²) < 4.78 is 27.1. The standard InChI is InChI=1S/C15H24N6O5S/c1-2-9-26-14-12(21(22)23)13(19-7-10-27(24,25)11-8-19)17-15(18-14)20-5-3-16-4-6-20/h2,16H,1,3-11H2,(H2-,22,23,24,25). The van der Waals surface area contributed by atoms with E-state index < -0.39 is 10.6 Å². The molecule has 2 saturated heterocycles. The third-order valence-electron chi connectivity index (χ3n) is 4.41. The predicted molar refractivity (Wildman–Crippen MR) is 101 cm³/mol.